The third kappa shape index (κ3) is 4.31. The van der Waals surface area contributed by atoms with Gasteiger partial charge in [0.1, 0.15) is 12.7 Å². The molecule has 0 aromatic rings. The molecule has 0 spiro atoms. The molecule has 0 aromatic carbocycles. The fourth-order valence-electron chi connectivity index (χ4n) is 1.06. The number of epoxide rings is 1. The first-order valence-corrected chi connectivity index (χ1v) is 4.89. The number of aliphatic hydroxyl groups excluding tert-OH is 2. The Morgan fingerprint density at radius 3 is 2.44 bits per heavy atom. The van der Waals surface area contributed by atoms with Gasteiger partial charge in [0, 0.05) is 0 Å². The van der Waals surface area contributed by atoms with Gasteiger partial charge >= 0.3 is 6.16 Å². The lowest BCUT2D eigenvalue weighted by Crippen LogP contribution is -2.40. The first kappa shape index (κ1) is 13.2. The molecule has 1 atom stereocenters. The number of hydrogen-bond donors (Lipinski definition) is 3. The summed E-state index contributed by atoms with van der Waals surface area (Å²) in [6, 6.07) is 0. The second-order valence-corrected chi connectivity index (χ2v) is 3.84. The SMILES string of the molecule is O=C(O)OCC(CO)(CO)COCC1CO1. The van der Waals surface area contributed by atoms with E-state index in [0.717, 1.165) is 0 Å². The first-order valence-electron chi connectivity index (χ1n) is 4.89. The average Bonchev–Trinajstić information content (AvgIpc) is 3.07. The number of aliphatic hydroxyl groups is 2. The Morgan fingerprint density at radius 2 is 2.00 bits per heavy atom. The monoisotopic (exact) mass is 236 g/mol. The predicted molar refractivity (Wildman–Crippen MR) is 51.1 cm³/mol. The Balaban J connectivity index is 2.31. The van der Waals surface area contributed by atoms with Crippen molar-refractivity contribution in [3.05, 3.63) is 0 Å². The molecule has 1 unspecified atom stereocenters. The summed E-state index contributed by atoms with van der Waals surface area (Å²) in [4.78, 5) is 10.2. The van der Waals surface area contributed by atoms with Crippen LogP contribution in [0.3, 0.4) is 0 Å². The molecule has 94 valence electrons. The van der Waals surface area contributed by atoms with Gasteiger partial charge in [-0.05, 0) is 0 Å². The molecule has 1 fully saturated rings. The third-order valence-corrected chi connectivity index (χ3v) is 2.29. The van der Waals surface area contributed by atoms with Crippen LogP contribution in [0.4, 0.5) is 4.79 Å². The molecule has 0 saturated carbocycles. The minimum absolute atomic E-state index is 0.0210. The number of ether oxygens (including phenoxy) is 3. The van der Waals surface area contributed by atoms with Crippen molar-refractivity contribution in [2.24, 2.45) is 5.41 Å². The van der Waals surface area contributed by atoms with Crippen LogP contribution in [-0.2, 0) is 14.2 Å². The van der Waals surface area contributed by atoms with E-state index < -0.39 is 24.8 Å². The Kier molecular flexibility index (Phi) is 4.94. The first-order chi connectivity index (χ1) is 7.62. The molecule has 0 bridgehead atoms. The summed E-state index contributed by atoms with van der Waals surface area (Å²) in [5, 5.41) is 26.6. The molecule has 1 aliphatic rings. The molecular weight excluding hydrogens is 220 g/mol. The van der Waals surface area contributed by atoms with Gasteiger partial charge in [-0.15, -0.1) is 0 Å². The fraction of sp³-hybridized carbons (Fsp3) is 0.889. The van der Waals surface area contributed by atoms with Crippen molar-refractivity contribution < 1.29 is 34.3 Å². The van der Waals surface area contributed by atoms with Crippen LogP contribution in [0.2, 0.25) is 0 Å². The van der Waals surface area contributed by atoms with E-state index in [9.17, 15) is 4.79 Å². The van der Waals surface area contributed by atoms with Crippen LogP contribution in [-0.4, -0.2) is 67.2 Å². The summed E-state index contributed by atoms with van der Waals surface area (Å²) in [5.41, 5.74) is -1.09. The summed E-state index contributed by atoms with van der Waals surface area (Å²) in [7, 11) is 0. The Hall–Kier alpha value is -0.890. The van der Waals surface area contributed by atoms with Gasteiger partial charge in [0.15, 0.2) is 0 Å². The number of hydrogen-bond acceptors (Lipinski definition) is 6. The van der Waals surface area contributed by atoms with Gasteiger partial charge in [-0.25, -0.2) is 4.79 Å². The zero-order valence-corrected chi connectivity index (χ0v) is 8.79. The van der Waals surface area contributed by atoms with E-state index in [2.05, 4.69) is 4.74 Å². The molecular formula is C9H16O7. The normalized spacial score (nSPS) is 19.5. The zero-order chi connectivity index (χ0) is 12.0. The second kappa shape index (κ2) is 6.00. The maximum absolute atomic E-state index is 10.2. The van der Waals surface area contributed by atoms with E-state index in [4.69, 9.17) is 24.8 Å². The van der Waals surface area contributed by atoms with Gasteiger partial charge < -0.3 is 29.5 Å². The van der Waals surface area contributed by atoms with Gasteiger partial charge in [0.05, 0.1) is 38.4 Å². The highest BCUT2D eigenvalue weighted by Gasteiger charge is 2.32. The molecule has 0 radical (unpaired) electrons. The molecule has 7 nitrogen and oxygen atoms in total. The molecule has 7 heteroatoms. The molecule has 0 amide bonds. The average molecular weight is 236 g/mol. The summed E-state index contributed by atoms with van der Waals surface area (Å²) in [6.45, 7) is -0.0930. The highest BCUT2D eigenvalue weighted by atomic mass is 16.7. The highest BCUT2D eigenvalue weighted by molar-refractivity contribution is 5.56. The molecule has 1 aliphatic heterocycles. The summed E-state index contributed by atoms with van der Waals surface area (Å²) in [6.07, 6.45) is -1.37. The molecule has 0 aliphatic carbocycles. The van der Waals surface area contributed by atoms with Gasteiger partial charge in [0.2, 0.25) is 0 Å². The van der Waals surface area contributed by atoms with Gasteiger partial charge in [-0.3, -0.25) is 0 Å². The lowest BCUT2D eigenvalue weighted by molar-refractivity contribution is -0.0684. The maximum Gasteiger partial charge on any atom is 0.505 e. The van der Waals surface area contributed by atoms with E-state index in [1.807, 2.05) is 0 Å². The minimum atomic E-state index is -1.45. The standard InChI is InChI=1S/C9H16O7/c10-3-9(4-11,6-16-8(12)13)5-14-1-7-2-15-7/h7,10-11H,1-6H2,(H,12,13). The van der Waals surface area contributed by atoms with Gasteiger partial charge in [-0.1, -0.05) is 0 Å². The molecule has 1 saturated heterocycles. The van der Waals surface area contributed by atoms with E-state index in [1.54, 1.807) is 0 Å². The van der Waals surface area contributed by atoms with Crippen LogP contribution in [0, 0.1) is 5.41 Å². The van der Waals surface area contributed by atoms with Crippen LogP contribution >= 0.6 is 0 Å². The molecule has 16 heavy (non-hydrogen) atoms. The second-order valence-electron chi connectivity index (χ2n) is 3.84. The van der Waals surface area contributed by atoms with Crippen LogP contribution < -0.4 is 0 Å². The van der Waals surface area contributed by atoms with Crippen LogP contribution in [0.1, 0.15) is 0 Å². The Bertz CT molecular complexity index is 222. The van der Waals surface area contributed by atoms with Crippen molar-refractivity contribution in [2.75, 3.05) is 39.6 Å². The maximum atomic E-state index is 10.2. The summed E-state index contributed by atoms with van der Waals surface area (Å²) >= 11 is 0. The van der Waals surface area contributed by atoms with E-state index in [0.29, 0.717) is 13.2 Å². The zero-order valence-electron chi connectivity index (χ0n) is 8.79. The van der Waals surface area contributed by atoms with Crippen LogP contribution in [0.25, 0.3) is 0 Å². The Labute approximate surface area is 92.5 Å². The predicted octanol–water partition coefficient (Wildman–Crippen LogP) is -0.933. The number of carbonyl (C=O) groups is 1. The van der Waals surface area contributed by atoms with Crippen molar-refractivity contribution in [3.8, 4) is 0 Å². The van der Waals surface area contributed by atoms with Gasteiger partial charge in [0.25, 0.3) is 0 Å². The molecule has 0 aromatic heterocycles. The Morgan fingerprint density at radius 1 is 1.38 bits per heavy atom. The third-order valence-electron chi connectivity index (χ3n) is 2.29. The van der Waals surface area contributed by atoms with Crippen LogP contribution in [0.5, 0.6) is 0 Å². The van der Waals surface area contributed by atoms with E-state index in [1.165, 1.54) is 0 Å². The highest BCUT2D eigenvalue weighted by Crippen LogP contribution is 2.18. The topological polar surface area (TPSA) is 109 Å². The van der Waals surface area contributed by atoms with Gasteiger partial charge in [-0.2, -0.15) is 0 Å². The smallest absolute Gasteiger partial charge is 0.450 e. The van der Waals surface area contributed by atoms with Crippen molar-refractivity contribution in [1.82, 2.24) is 0 Å². The number of rotatable bonds is 8. The minimum Gasteiger partial charge on any atom is -0.450 e. The van der Waals surface area contributed by atoms with Crippen molar-refractivity contribution in [3.63, 3.8) is 0 Å². The number of carboxylic acid groups (broad SMARTS) is 1. The summed E-state index contributed by atoms with van der Waals surface area (Å²) < 4.78 is 14.5. The fourth-order valence-corrected chi connectivity index (χ4v) is 1.06. The largest absolute Gasteiger partial charge is 0.505 e. The summed E-state index contributed by atoms with van der Waals surface area (Å²) in [5.74, 6) is 0. The lowest BCUT2D eigenvalue weighted by Gasteiger charge is -2.28. The van der Waals surface area contributed by atoms with Crippen molar-refractivity contribution in [1.29, 1.82) is 0 Å². The quantitative estimate of drug-likeness (QED) is 0.369. The van der Waals surface area contributed by atoms with E-state index >= 15 is 0 Å². The molecule has 1 rings (SSSR count). The van der Waals surface area contributed by atoms with Crippen molar-refractivity contribution in [2.45, 2.75) is 6.10 Å². The van der Waals surface area contributed by atoms with E-state index in [-0.39, 0.29) is 19.3 Å². The van der Waals surface area contributed by atoms with Crippen molar-refractivity contribution >= 4 is 6.16 Å². The molecule has 1 heterocycles. The lowest BCUT2D eigenvalue weighted by atomic mass is 9.92. The molecule has 3 N–H and O–H groups in total. The van der Waals surface area contributed by atoms with Crippen LogP contribution in [0.15, 0.2) is 0 Å².